The summed E-state index contributed by atoms with van der Waals surface area (Å²) in [6.45, 7) is 0. The Balaban J connectivity index is 2.13. The number of hydrogen-bond acceptors (Lipinski definition) is 4. The number of carboxylic acids is 1. The van der Waals surface area contributed by atoms with Crippen molar-refractivity contribution in [2.75, 3.05) is 0 Å². The number of nitrogens with zero attached hydrogens (tertiary/aromatic N) is 1. The third-order valence-corrected chi connectivity index (χ3v) is 3.64. The average molecular weight is 284 g/mol. The number of amides is 2. The summed E-state index contributed by atoms with van der Waals surface area (Å²) in [5, 5.41) is 12.0. The summed E-state index contributed by atoms with van der Waals surface area (Å²) in [6, 6.07) is 6.32. The lowest BCUT2D eigenvalue weighted by atomic mass is 9.88. The Labute approximate surface area is 119 Å². The van der Waals surface area contributed by atoms with Gasteiger partial charge in [-0.2, -0.15) is 0 Å². The number of carbonyl (C=O) groups excluding carboxylic acids is 2. The molecule has 0 spiro atoms. The van der Waals surface area contributed by atoms with Crippen LogP contribution in [0.5, 0.6) is 0 Å². The maximum Gasteiger partial charge on any atom is 0.335 e. The highest BCUT2D eigenvalue weighted by Gasteiger charge is 2.29. The molecule has 0 aliphatic carbocycles. The lowest BCUT2D eigenvalue weighted by Crippen LogP contribution is -2.39. The van der Waals surface area contributed by atoms with Crippen LogP contribution in [0, 0.1) is 0 Å². The minimum Gasteiger partial charge on any atom is -0.478 e. The summed E-state index contributed by atoms with van der Waals surface area (Å²) < 4.78 is 0. The standard InChI is InChI=1S/C15H12N2O4/c18-13-4-2-10(14(19)17-13)9-5-6-16-12-3-1-8(15(20)21)7-11(9)12/h1,3,5-7,10H,2,4H2,(H,20,21)(H,17,18,19). The number of nitrogens with one attached hydrogen (secondary N) is 1. The van der Waals surface area contributed by atoms with E-state index in [9.17, 15) is 14.4 Å². The quantitative estimate of drug-likeness (QED) is 0.814. The van der Waals surface area contributed by atoms with E-state index >= 15 is 0 Å². The molecule has 2 N–H and O–H groups in total. The van der Waals surface area contributed by atoms with Gasteiger partial charge in [0, 0.05) is 18.0 Å². The molecule has 3 rings (SSSR count). The van der Waals surface area contributed by atoms with Crippen molar-refractivity contribution in [2.24, 2.45) is 0 Å². The van der Waals surface area contributed by atoms with Crippen LogP contribution in [0.2, 0.25) is 0 Å². The van der Waals surface area contributed by atoms with Gasteiger partial charge in [-0.1, -0.05) is 0 Å². The van der Waals surface area contributed by atoms with Gasteiger partial charge in [0.25, 0.3) is 0 Å². The number of hydrogen-bond donors (Lipinski definition) is 2. The van der Waals surface area contributed by atoms with Crippen LogP contribution in [0.25, 0.3) is 10.9 Å². The van der Waals surface area contributed by atoms with Crippen molar-refractivity contribution in [1.29, 1.82) is 0 Å². The maximum absolute atomic E-state index is 12.0. The number of rotatable bonds is 2. The van der Waals surface area contributed by atoms with Crippen molar-refractivity contribution in [3.05, 3.63) is 41.6 Å². The number of imide groups is 1. The smallest absolute Gasteiger partial charge is 0.335 e. The molecule has 21 heavy (non-hydrogen) atoms. The van der Waals surface area contributed by atoms with Crippen LogP contribution < -0.4 is 5.32 Å². The van der Waals surface area contributed by atoms with Gasteiger partial charge < -0.3 is 5.11 Å². The Morgan fingerprint density at radius 1 is 1.29 bits per heavy atom. The highest BCUT2D eigenvalue weighted by molar-refractivity contribution is 6.03. The van der Waals surface area contributed by atoms with Gasteiger partial charge >= 0.3 is 5.97 Å². The van der Waals surface area contributed by atoms with E-state index in [4.69, 9.17) is 5.11 Å². The topological polar surface area (TPSA) is 96.4 Å². The van der Waals surface area contributed by atoms with Crippen molar-refractivity contribution in [3.63, 3.8) is 0 Å². The van der Waals surface area contributed by atoms with E-state index in [1.54, 1.807) is 18.3 Å². The lowest BCUT2D eigenvalue weighted by Gasteiger charge is -2.22. The minimum absolute atomic E-state index is 0.143. The summed E-state index contributed by atoms with van der Waals surface area (Å²) in [5.41, 5.74) is 1.47. The summed E-state index contributed by atoms with van der Waals surface area (Å²) in [7, 11) is 0. The van der Waals surface area contributed by atoms with Gasteiger partial charge in [-0.15, -0.1) is 0 Å². The average Bonchev–Trinajstić information content (AvgIpc) is 2.46. The van der Waals surface area contributed by atoms with E-state index < -0.39 is 11.9 Å². The normalized spacial score (nSPS) is 18.6. The SMILES string of the molecule is O=C1CCC(c2ccnc3ccc(C(=O)O)cc23)C(=O)N1. The largest absolute Gasteiger partial charge is 0.478 e. The lowest BCUT2D eigenvalue weighted by molar-refractivity contribution is -0.134. The highest BCUT2D eigenvalue weighted by Crippen LogP contribution is 2.30. The van der Waals surface area contributed by atoms with Gasteiger partial charge in [-0.05, 0) is 36.2 Å². The van der Waals surface area contributed by atoms with E-state index in [0.717, 1.165) is 0 Å². The maximum atomic E-state index is 12.0. The minimum atomic E-state index is -1.03. The number of fused-ring (bicyclic) bond motifs is 1. The fraction of sp³-hybridized carbons (Fsp3) is 0.200. The molecule has 0 radical (unpaired) electrons. The first kappa shape index (κ1) is 13.2. The van der Waals surface area contributed by atoms with E-state index in [2.05, 4.69) is 10.3 Å². The fourth-order valence-electron chi connectivity index (χ4n) is 2.59. The van der Waals surface area contributed by atoms with E-state index in [0.29, 0.717) is 22.9 Å². The molecule has 106 valence electrons. The number of benzene rings is 1. The molecular weight excluding hydrogens is 272 g/mol. The summed E-state index contributed by atoms with van der Waals surface area (Å²) in [6.07, 6.45) is 2.28. The van der Waals surface area contributed by atoms with Crippen LogP contribution in [0.1, 0.15) is 34.7 Å². The Bertz CT molecular complexity index is 769. The number of carboxylic acid groups (broad SMARTS) is 1. The molecule has 6 heteroatoms. The van der Waals surface area contributed by atoms with Crippen molar-refractivity contribution in [2.45, 2.75) is 18.8 Å². The van der Waals surface area contributed by atoms with E-state index in [1.807, 2.05) is 0 Å². The van der Waals surface area contributed by atoms with Gasteiger partial charge in [0.05, 0.1) is 17.0 Å². The molecule has 0 saturated carbocycles. The van der Waals surface area contributed by atoms with E-state index in [-0.39, 0.29) is 23.8 Å². The second-order valence-corrected chi connectivity index (χ2v) is 4.94. The zero-order chi connectivity index (χ0) is 15.0. The van der Waals surface area contributed by atoms with Crippen LogP contribution in [0.3, 0.4) is 0 Å². The van der Waals surface area contributed by atoms with Gasteiger partial charge in [-0.3, -0.25) is 19.9 Å². The van der Waals surface area contributed by atoms with Crippen molar-refractivity contribution < 1.29 is 19.5 Å². The molecule has 1 aromatic heterocycles. The summed E-state index contributed by atoms with van der Waals surface area (Å²) in [5.74, 6) is -2.12. The first-order valence-corrected chi connectivity index (χ1v) is 6.52. The molecule has 1 saturated heterocycles. The van der Waals surface area contributed by atoms with Crippen molar-refractivity contribution in [1.82, 2.24) is 10.3 Å². The Hall–Kier alpha value is -2.76. The highest BCUT2D eigenvalue weighted by atomic mass is 16.4. The van der Waals surface area contributed by atoms with Crippen molar-refractivity contribution in [3.8, 4) is 0 Å². The van der Waals surface area contributed by atoms with Crippen LogP contribution in [0.15, 0.2) is 30.5 Å². The Morgan fingerprint density at radius 3 is 2.81 bits per heavy atom. The monoisotopic (exact) mass is 284 g/mol. The molecule has 2 aromatic rings. The molecule has 0 bridgehead atoms. The molecule has 1 aromatic carbocycles. The van der Waals surface area contributed by atoms with Crippen LogP contribution in [0.4, 0.5) is 0 Å². The molecule has 6 nitrogen and oxygen atoms in total. The molecule has 2 amide bonds. The van der Waals surface area contributed by atoms with Crippen LogP contribution in [-0.4, -0.2) is 27.9 Å². The molecule has 1 fully saturated rings. The summed E-state index contributed by atoms with van der Waals surface area (Å²) >= 11 is 0. The number of piperidine rings is 1. The second-order valence-electron chi connectivity index (χ2n) is 4.94. The molecule has 1 unspecified atom stereocenters. The zero-order valence-electron chi connectivity index (χ0n) is 11.0. The molecular formula is C15H12N2O4. The third kappa shape index (κ3) is 2.35. The third-order valence-electron chi connectivity index (χ3n) is 3.64. The second kappa shape index (κ2) is 4.97. The number of pyridine rings is 1. The predicted molar refractivity (Wildman–Crippen MR) is 73.8 cm³/mol. The van der Waals surface area contributed by atoms with Crippen LogP contribution >= 0.6 is 0 Å². The molecule has 1 aliphatic rings. The fourth-order valence-corrected chi connectivity index (χ4v) is 2.59. The Kier molecular flexibility index (Phi) is 3.13. The van der Waals surface area contributed by atoms with Gasteiger partial charge in [-0.25, -0.2) is 4.79 Å². The van der Waals surface area contributed by atoms with E-state index in [1.165, 1.54) is 12.1 Å². The summed E-state index contributed by atoms with van der Waals surface area (Å²) in [4.78, 5) is 38.5. The first-order chi connectivity index (χ1) is 10.1. The van der Waals surface area contributed by atoms with Gasteiger partial charge in [0.2, 0.25) is 11.8 Å². The molecule has 1 atom stereocenters. The van der Waals surface area contributed by atoms with Gasteiger partial charge in [0.15, 0.2) is 0 Å². The Morgan fingerprint density at radius 2 is 2.10 bits per heavy atom. The zero-order valence-corrected chi connectivity index (χ0v) is 11.0. The number of carbonyl (C=O) groups is 3. The van der Waals surface area contributed by atoms with Crippen LogP contribution in [-0.2, 0) is 9.59 Å². The predicted octanol–water partition coefficient (Wildman–Crippen LogP) is 1.45. The number of aromatic carboxylic acids is 1. The van der Waals surface area contributed by atoms with Crippen molar-refractivity contribution >= 4 is 28.7 Å². The molecule has 1 aliphatic heterocycles. The number of aromatic nitrogens is 1. The molecule has 2 heterocycles. The van der Waals surface area contributed by atoms with Gasteiger partial charge in [0.1, 0.15) is 0 Å². The first-order valence-electron chi connectivity index (χ1n) is 6.52.